The van der Waals surface area contributed by atoms with Crippen molar-refractivity contribution in [1.82, 2.24) is 0 Å². The molecule has 7 heteroatoms. The minimum atomic E-state index is -4.46. The normalized spacial score (nSPS) is 11.1. The van der Waals surface area contributed by atoms with E-state index in [1.54, 1.807) is 0 Å². The number of amides is 1. The van der Waals surface area contributed by atoms with Gasteiger partial charge in [0, 0.05) is 0 Å². The first-order valence-corrected chi connectivity index (χ1v) is 5.03. The molecule has 0 aliphatic heterocycles. The molecule has 0 bridgehead atoms. The van der Waals surface area contributed by atoms with Crippen LogP contribution >= 0.6 is 11.6 Å². The summed E-state index contributed by atoms with van der Waals surface area (Å²) in [4.78, 5) is 11.0. The van der Waals surface area contributed by atoms with Gasteiger partial charge >= 0.3 is 6.18 Å². The van der Waals surface area contributed by atoms with E-state index in [9.17, 15) is 18.0 Å². The molecule has 0 saturated heterocycles. The van der Waals surface area contributed by atoms with Crippen LogP contribution in [0.4, 0.5) is 18.9 Å². The molecule has 0 unspecified atom stereocenters. The number of benzene rings is 1. The first-order valence-electron chi connectivity index (χ1n) is 4.49. The molecule has 1 aromatic carbocycles. The van der Waals surface area contributed by atoms with Gasteiger partial charge in [0.05, 0.1) is 18.4 Å². The number of alkyl halides is 4. The van der Waals surface area contributed by atoms with Crippen molar-refractivity contribution in [2.45, 2.75) is 6.18 Å². The third kappa shape index (κ3) is 3.52. The van der Waals surface area contributed by atoms with Crippen molar-refractivity contribution in [3.8, 4) is 5.75 Å². The lowest BCUT2D eigenvalue weighted by Gasteiger charge is -2.12. The number of hydrogen-bond donors (Lipinski definition) is 1. The Balaban J connectivity index is 3.06. The summed E-state index contributed by atoms with van der Waals surface area (Å²) in [5.74, 6) is -0.882. The van der Waals surface area contributed by atoms with Crippen LogP contribution in [0.25, 0.3) is 0 Å². The Bertz CT molecular complexity index is 421. The minimum Gasteiger partial charge on any atom is -0.495 e. The highest BCUT2D eigenvalue weighted by atomic mass is 35.5. The Morgan fingerprint density at radius 3 is 2.59 bits per heavy atom. The van der Waals surface area contributed by atoms with Crippen LogP contribution in [0.15, 0.2) is 18.2 Å². The van der Waals surface area contributed by atoms with E-state index in [4.69, 9.17) is 16.3 Å². The number of carbonyl (C=O) groups is 1. The third-order valence-electron chi connectivity index (χ3n) is 1.92. The summed E-state index contributed by atoms with van der Waals surface area (Å²) in [6, 6.07) is 2.78. The summed E-state index contributed by atoms with van der Waals surface area (Å²) in [5.41, 5.74) is -0.704. The second-order valence-corrected chi connectivity index (χ2v) is 3.36. The van der Waals surface area contributed by atoms with E-state index in [1.807, 2.05) is 0 Å². The van der Waals surface area contributed by atoms with Crippen LogP contribution in [0.3, 0.4) is 0 Å². The van der Waals surface area contributed by atoms with Crippen LogP contribution < -0.4 is 10.1 Å². The van der Waals surface area contributed by atoms with Gasteiger partial charge < -0.3 is 10.1 Å². The molecule has 3 nitrogen and oxygen atoms in total. The Morgan fingerprint density at radius 1 is 1.47 bits per heavy atom. The molecule has 94 valence electrons. The maximum absolute atomic E-state index is 12.4. The number of methoxy groups -OCH3 is 1. The fourth-order valence-electron chi connectivity index (χ4n) is 1.15. The smallest absolute Gasteiger partial charge is 0.416 e. The Labute approximate surface area is 101 Å². The van der Waals surface area contributed by atoms with Crippen LogP contribution in [-0.4, -0.2) is 18.9 Å². The second kappa shape index (κ2) is 5.27. The monoisotopic (exact) mass is 267 g/mol. The van der Waals surface area contributed by atoms with Gasteiger partial charge in [-0.25, -0.2) is 0 Å². The summed E-state index contributed by atoms with van der Waals surface area (Å²) >= 11 is 5.27. The predicted molar refractivity (Wildman–Crippen MR) is 57.3 cm³/mol. The molecule has 0 aliphatic carbocycles. The fourth-order valence-corrected chi connectivity index (χ4v) is 1.22. The molecule has 0 aromatic heterocycles. The highest BCUT2D eigenvalue weighted by Crippen LogP contribution is 2.34. The number of carbonyl (C=O) groups excluding carboxylic acids is 1. The van der Waals surface area contributed by atoms with Crippen LogP contribution in [-0.2, 0) is 11.0 Å². The van der Waals surface area contributed by atoms with Crippen LogP contribution in [0, 0.1) is 0 Å². The molecule has 0 spiro atoms. The van der Waals surface area contributed by atoms with Crippen LogP contribution in [0.2, 0.25) is 0 Å². The summed E-state index contributed by atoms with van der Waals surface area (Å²) in [7, 11) is 1.21. The fraction of sp³-hybridized carbons (Fsp3) is 0.300. The van der Waals surface area contributed by atoms with Gasteiger partial charge in [0.15, 0.2) is 0 Å². The SMILES string of the molecule is COc1cc(C(F)(F)F)ccc1NC(=O)CCl. The van der Waals surface area contributed by atoms with Crippen LogP contribution in [0.5, 0.6) is 5.75 Å². The van der Waals surface area contributed by atoms with E-state index in [2.05, 4.69) is 5.32 Å². The summed E-state index contributed by atoms with van der Waals surface area (Å²) in [6.45, 7) is 0. The Morgan fingerprint density at radius 2 is 2.12 bits per heavy atom. The molecule has 17 heavy (non-hydrogen) atoms. The zero-order valence-corrected chi connectivity index (χ0v) is 9.52. The quantitative estimate of drug-likeness (QED) is 0.855. The van der Waals surface area contributed by atoms with Crippen molar-refractivity contribution < 1.29 is 22.7 Å². The average Bonchev–Trinajstić information content (AvgIpc) is 2.27. The van der Waals surface area contributed by atoms with Gasteiger partial charge in [0.1, 0.15) is 11.6 Å². The van der Waals surface area contributed by atoms with E-state index in [-0.39, 0.29) is 17.3 Å². The van der Waals surface area contributed by atoms with E-state index < -0.39 is 17.6 Å². The third-order valence-corrected chi connectivity index (χ3v) is 2.17. The van der Waals surface area contributed by atoms with Crippen molar-refractivity contribution in [2.24, 2.45) is 0 Å². The zero-order chi connectivity index (χ0) is 13.1. The van der Waals surface area contributed by atoms with E-state index in [0.29, 0.717) is 0 Å². The predicted octanol–water partition coefficient (Wildman–Crippen LogP) is 2.89. The summed E-state index contributed by atoms with van der Waals surface area (Å²) in [5, 5.41) is 2.33. The molecular weight excluding hydrogens is 259 g/mol. The largest absolute Gasteiger partial charge is 0.495 e. The van der Waals surface area contributed by atoms with E-state index in [1.165, 1.54) is 7.11 Å². The van der Waals surface area contributed by atoms with Gasteiger partial charge in [-0.3, -0.25) is 4.79 Å². The number of nitrogens with one attached hydrogen (secondary N) is 1. The molecular formula is C10H9ClF3NO2. The molecule has 0 fully saturated rings. The molecule has 1 N–H and O–H groups in total. The standard InChI is InChI=1S/C10H9ClF3NO2/c1-17-8-4-6(10(12,13)14)2-3-7(8)15-9(16)5-11/h2-4H,5H2,1H3,(H,15,16). The summed E-state index contributed by atoms with van der Waals surface area (Å²) < 4.78 is 42.0. The molecule has 0 aliphatic rings. The van der Waals surface area contributed by atoms with Crippen molar-refractivity contribution in [3.05, 3.63) is 23.8 Å². The Kier molecular flexibility index (Phi) is 4.22. The molecule has 1 aromatic rings. The second-order valence-electron chi connectivity index (χ2n) is 3.09. The highest BCUT2D eigenvalue weighted by Gasteiger charge is 2.31. The van der Waals surface area contributed by atoms with Crippen molar-refractivity contribution in [2.75, 3.05) is 18.3 Å². The summed E-state index contributed by atoms with van der Waals surface area (Å²) in [6.07, 6.45) is -4.46. The van der Waals surface area contributed by atoms with Crippen molar-refractivity contribution in [3.63, 3.8) is 0 Å². The van der Waals surface area contributed by atoms with Gasteiger partial charge in [0.2, 0.25) is 5.91 Å². The lowest BCUT2D eigenvalue weighted by molar-refractivity contribution is -0.137. The van der Waals surface area contributed by atoms with E-state index >= 15 is 0 Å². The molecule has 0 atom stereocenters. The number of hydrogen-bond acceptors (Lipinski definition) is 2. The Hall–Kier alpha value is -1.43. The number of anilines is 1. The molecule has 1 rings (SSSR count). The highest BCUT2D eigenvalue weighted by molar-refractivity contribution is 6.29. The van der Waals surface area contributed by atoms with Gasteiger partial charge in [0.25, 0.3) is 0 Å². The lowest BCUT2D eigenvalue weighted by Crippen LogP contribution is -2.14. The van der Waals surface area contributed by atoms with Crippen molar-refractivity contribution in [1.29, 1.82) is 0 Å². The maximum atomic E-state index is 12.4. The molecule has 0 saturated carbocycles. The van der Waals surface area contributed by atoms with Crippen molar-refractivity contribution >= 4 is 23.2 Å². The van der Waals surface area contributed by atoms with Crippen LogP contribution in [0.1, 0.15) is 5.56 Å². The van der Waals surface area contributed by atoms with Gasteiger partial charge in [-0.15, -0.1) is 11.6 Å². The van der Waals surface area contributed by atoms with Gasteiger partial charge in [-0.1, -0.05) is 0 Å². The minimum absolute atomic E-state index is 0.0710. The number of halogens is 4. The van der Waals surface area contributed by atoms with Gasteiger partial charge in [-0.2, -0.15) is 13.2 Å². The number of ether oxygens (including phenoxy) is 1. The van der Waals surface area contributed by atoms with E-state index in [0.717, 1.165) is 18.2 Å². The number of rotatable bonds is 3. The maximum Gasteiger partial charge on any atom is 0.416 e. The first-order chi connectivity index (χ1) is 7.88. The average molecular weight is 268 g/mol. The first kappa shape index (κ1) is 13.6. The topological polar surface area (TPSA) is 38.3 Å². The zero-order valence-electron chi connectivity index (χ0n) is 8.77. The molecule has 0 radical (unpaired) electrons. The molecule has 0 heterocycles. The van der Waals surface area contributed by atoms with Gasteiger partial charge in [-0.05, 0) is 18.2 Å². The lowest BCUT2D eigenvalue weighted by atomic mass is 10.2. The molecule has 1 amide bonds.